The molecule has 0 aliphatic carbocycles. The van der Waals surface area contributed by atoms with Crippen LogP contribution in [0.2, 0.25) is 0 Å². The van der Waals surface area contributed by atoms with Crippen molar-refractivity contribution < 1.29 is 4.74 Å². The molecular weight excluding hydrogens is 288 g/mol. The molecule has 1 aromatic carbocycles. The van der Waals surface area contributed by atoms with Crippen molar-refractivity contribution in [3.8, 4) is 5.75 Å². The molecule has 20 heavy (non-hydrogen) atoms. The lowest BCUT2D eigenvalue weighted by atomic mass is 10.0. The minimum absolute atomic E-state index is 0.233. The van der Waals surface area contributed by atoms with Crippen LogP contribution < -0.4 is 15.8 Å². The number of rotatable bonds is 8. The Morgan fingerprint density at radius 1 is 1.40 bits per heavy atom. The van der Waals surface area contributed by atoms with E-state index in [-0.39, 0.29) is 4.75 Å². The predicted molar refractivity (Wildman–Crippen MR) is 94.2 cm³/mol. The molecular formula is C15H24N2OS2. The van der Waals surface area contributed by atoms with E-state index in [4.69, 9.17) is 22.7 Å². The monoisotopic (exact) mass is 312 g/mol. The Morgan fingerprint density at radius 2 is 2.05 bits per heavy atom. The van der Waals surface area contributed by atoms with Crippen LogP contribution in [0.4, 0.5) is 5.69 Å². The number of nitrogens with two attached hydrogens (primary N) is 1. The molecule has 0 spiro atoms. The highest BCUT2D eigenvalue weighted by atomic mass is 32.2. The van der Waals surface area contributed by atoms with Crippen LogP contribution in [0.25, 0.3) is 0 Å². The maximum Gasteiger partial charge on any atom is 0.120 e. The van der Waals surface area contributed by atoms with Crippen LogP contribution in [0.1, 0.15) is 32.3 Å². The van der Waals surface area contributed by atoms with E-state index in [1.165, 1.54) is 0 Å². The van der Waals surface area contributed by atoms with Gasteiger partial charge in [-0.2, -0.15) is 11.8 Å². The van der Waals surface area contributed by atoms with Crippen LogP contribution in [-0.4, -0.2) is 29.6 Å². The fourth-order valence-electron chi connectivity index (χ4n) is 2.13. The number of nitrogens with one attached hydrogen (secondary N) is 1. The van der Waals surface area contributed by atoms with E-state index in [0.717, 1.165) is 36.4 Å². The number of thioether (sulfide) groups is 1. The van der Waals surface area contributed by atoms with Crippen LogP contribution in [-0.2, 0) is 0 Å². The van der Waals surface area contributed by atoms with Gasteiger partial charge in [-0.1, -0.05) is 26.1 Å². The summed E-state index contributed by atoms with van der Waals surface area (Å²) in [6.45, 7) is 5.33. The van der Waals surface area contributed by atoms with E-state index < -0.39 is 0 Å². The summed E-state index contributed by atoms with van der Waals surface area (Å²) in [6, 6.07) is 5.73. The summed E-state index contributed by atoms with van der Waals surface area (Å²) in [5.74, 6) is 0.801. The second kappa shape index (κ2) is 7.74. The van der Waals surface area contributed by atoms with Crippen molar-refractivity contribution in [2.45, 2.75) is 31.4 Å². The minimum atomic E-state index is 0.233. The van der Waals surface area contributed by atoms with Gasteiger partial charge in [0.15, 0.2) is 0 Å². The Labute approximate surface area is 131 Å². The Hall–Kier alpha value is -0.940. The SMILES string of the molecule is CCC(CC)(CNc1cc(OC)ccc1C(N)=S)SC. The first kappa shape index (κ1) is 17.1. The Bertz CT molecular complexity index is 451. The third kappa shape index (κ3) is 4.03. The van der Waals surface area contributed by atoms with Crippen molar-refractivity contribution in [1.29, 1.82) is 0 Å². The van der Waals surface area contributed by atoms with Gasteiger partial charge in [-0.25, -0.2) is 0 Å². The highest BCUT2D eigenvalue weighted by molar-refractivity contribution is 8.00. The molecule has 0 aromatic heterocycles. The summed E-state index contributed by atoms with van der Waals surface area (Å²) >= 11 is 7.02. The fraction of sp³-hybridized carbons (Fsp3) is 0.533. The summed E-state index contributed by atoms with van der Waals surface area (Å²) in [6.07, 6.45) is 4.39. The van der Waals surface area contributed by atoms with Gasteiger partial charge in [0, 0.05) is 28.6 Å². The molecule has 0 fully saturated rings. The average molecular weight is 313 g/mol. The standard InChI is InChI=1S/C15H24N2OS2/c1-5-15(6-2,20-4)10-17-13-9-11(18-3)7-8-12(13)14(16)19/h7-9,17H,5-6,10H2,1-4H3,(H2,16,19). The molecule has 112 valence electrons. The van der Waals surface area contributed by atoms with Gasteiger partial charge < -0.3 is 15.8 Å². The number of hydrogen-bond acceptors (Lipinski definition) is 4. The summed E-state index contributed by atoms with van der Waals surface area (Å²) < 4.78 is 5.50. The van der Waals surface area contributed by atoms with Gasteiger partial charge >= 0.3 is 0 Å². The van der Waals surface area contributed by atoms with E-state index in [1.54, 1.807) is 7.11 Å². The van der Waals surface area contributed by atoms with E-state index in [2.05, 4.69) is 25.4 Å². The predicted octanol–water partition coefficient (Wildman–Crippen LogP) is 3.66. The van der Waals surface area contributed by atoms with Crippen LogP contribution in [0.15, 0.2) is 18.2 Å². The smallest absolute Gasteiger partial charge is 0.120 e. The van der Waals surface area contributed by atoms with Gasteiger partial charge in [-0.05, 0) is 31.2 Å². The Balaban J connectivity index is 2.98. The summed E-state index contributed by atoms with van der Waals surface area (Å²) in [5.41, 5.74) is 7.59. The number of thiocarbonyl (C=S) groups is 1. The van der Waals surface area contributed by atoms with Gasteiger partial charge in [0.2, 0.25) is 0 Å². The van der Waals surface area contributed by atoms with E-state index in [0.29, 0.717) is 4.99 Å². The lowest BCUT2D eigenvalue weighted by Gasteiger charge is -2.30. The van der Waals surface area contributed by atoms with Crippen molar-refractivity contribution >= 4 is 34.7 Å². The third-order valence-corrected chi connectivity index (χ3v) is 5.62. The molecule has 0 unspecified atom stereocenters. The first-order valence-electron chi connectivity index (χ1n) is 6.78. The zero-order valence-electron chi connectivity index (χ0n) is 12.7. The summed E-state index contributed by atoms with van der Waals surface area (Å²) in [7, 11) is 1.66. The molecule has 0 saturated carbocycles. The van der Waals surface area contributed by atoms with Crippen LogP contribution in [0.5, 0.6) is 5.75 Å². The maximum absolute atomic E-state index is 5.79. The highest BCUT2D eigenvalue weighted by Crippen LogP contribution is 2.32. The van der Waals surface area contributed by atoms with Gasteiger partial charge in [0.05, 0.1) is 7.11 Å². The first-order valence-corrected chi connectivity index (χ1v) is 8.42. The number of methoxy groups -OCH3 is 1. The quantitative estimate of drug-likeness (QED) is 0.717. The lowest BCUT2D eigenvalue weighted by Crippen LogP contribution is -2.32. The minimum Gasteiger partial charge on any atom is -0.497 e. The molecule has 1 aromatic rings. The number of benzene rings is 1. The van der Waals surface area contributed by atoms with E-state index >= 15 is 0 Å². The fourth-order valence-corrected chi connectivity index (χ4v) is 3.10. The molecule has 0 atom stereocenters. The maximum atomic E-state index is 5.79. The molecule has 3 nitrogen and oxygen atoms in total. The van der Waals surface area contributed by atoms with Gasteiger partial charge in [-0.15, -0.1) is 0 Å². The van der Waals surface area contributed by atoms with Crippen LogP contribution in [0, 0.1) is 0 Å². The van der Waals surface area contributed by atoms with Crippen molar-refractivity contribution in [2.24, 2.45) is 5.73 Å². The van der Waals surface area contributed by atoms with Crippen molar-refractivity contribution in [1.82, 2.24) is 0 Å². The van der Waals surface area contributed by atoms with Gasteiger partial charge in [-0.3, -0.25) is 0 Å². The molecule has 0 saturated heterocycles. The summed E-state index contributed by atoms with van der Waals surface area (Å²) in [5, 5.41) is 3.49. The molecule has 1 rings (SSSR count). The number of anilines is 1. The number of ether oxygens (including phenoxy) is 1. The molecule has 3 N–H and O–H groups in total. The zero-order chi connectivity index (χ0) is 15.2. The van der Waals surface area contributed by atoms with Gasteiger partial charge in [0.25, 0.3) is 0 Å². The molecule has 0 aliphatic heterocycles. The van der Waals surface area contributed by atoms with Crippen molar-refractivity contribution in [3.05, 3.63) is 23.8 Å². The second-order valence-electron chi connectivity index (χ2n) is 4.72. The Kier molecular flexibility index (Phi) is 6.62. The molecule has 0 radical (unpaired) electrons. The van der Waals surface area contributed by atoms with Crippen LogP contribution >= 0.6 is 24.0 Å². The zero-order valence-corrected chi connectivity index (χ0v) is 14.3. The average Bonchev–Trinajstić information content (AvgIpc) is 2.48. The van der Waals surface area contributed by atoms with Crippen molar-refractivity contribution in [3.63, 3.8) is 0 Å². The largest absolute Gasteiger partial charge is 0.497 e. The van der Waals surface area contributed by atoms with Gasteiger partial charge in [0.1, 0.15) is 10.7 Å². The molecule has 5 heteroatoms. The van der Waals surface area contributed by atoms with Crippen molar-refractivity contribution in [2.75, 3.05) is 25.2 Å². The topological polar surface area (TPSA) is 47.3 Å². The van der Waals surface area contributed by atoms with E-state index in [9.17, 15) is 0 Å². The third-order valence-electron chi connectivity index (χ3n) is 3.81. The molecule has 0 heterocycles. The van der Waals surface area contributed by atoms with E-state index in [1.807, 2.05) is 30.0 Å². The molecule has 0 bridgehead atoms. The van der Waals surface area contributed by atoms with Crippen LogP contribution in [0.3, 0.4) is 0 Å². The highest BCUT2D eigenvalue weighted by Gasteiger charge is 2.25. The Morgan fingerprint density at radius 3 is 2.50 bits per heavy atom. The molecule has 0 amide bonds. The lowest BCUT2D eigenvalue weighted by molar-refractivity contribution is 0.415. The normalized spacial score (nSPS) is 11.2. The summed E-state index contributed by atoms with van der Waals surface area (Å²) in [4.78, 5) is 0.401. The first-order chi connectivity index (χ1) is 9.51. The number of hydrogen-bond donors (Lipinski definition) is 2. The molecule has 0 aliphatic rings. The second-order valence-corrected chi connectivity index (χ2v) is 6.44.